The number of aromatic nitrogens is 6. The molecule has 0 saturated carbocycles. The fraction of sp³-hybridized carbons (Fsp3) is 0.333. The molecule has 0 aliphatic heterocycles. The van der Waals surface area contributed by atoms with Gasteiger partial charge < -0.3 is 15.4 Å². The van der Waals surface area contributed by atoms with Crippen molar-refractivity contribution in [1.29, 1.82) is 0 Å². The van der Waals surface area contributed by atoms with E-state index in [-0.39, 0.29) is 18.5 Å². The number of carbonyl (C=O) groups is 1. The molecule has 0 bridgehead atoms. The zero-order valence-electron chi connectivity index (χ0n) is 16.0. The Bertz CT molecular complexity index is 956. The lowest BCUT2D eigenvalue weighted by atomic mass is 10.4. The second kappa shape index (κ2) is 8.89. The number of ether oxygens (including phenoxy) is 1. The molecular formula is C18H22N8O2. The van der Waals surface area contributed by atoms with Gasteiger partial charge in [-0.25, -0.2) is 24.6 Å². The highest BCUT2D eigenvalue weighted by molar-refractivity contribution is 5.77. The van der Waals surface area contributed by atoms with Crippen LogP contribution in [0.3, 0.4) is 0 Å². The van der Waals surface area contributed by atoms with E-state index in [1.807, 2.05) is 26.8 Å². The number of nitrogens with zero attached hydrogens (tertiary/aromatic N) is 6. The van der Waals surface area contributed by atoms with Crippen molar-refractivity contribution in [2.24, 2.45) is 0 Å². The molecule has 10 nitrogen and oxygen atoms in total. The summed E-state index contributed by atoms with van der Waals surface area (Å²) < 4.78 is 7.02. The number of nitrogens with one attached hydrogen (secondary N) is 2. The molecule has 0 aliphatic carbocycles. The summed E-state index contributed by atoms with van der Waals surface area (Å²) in [5.74, 6) is 1.08. The summed E-state index contributed by atoms with van der Waals surface area (Å²) in [6.07, 6.45) is 3.06. The third kappa shape index (κ3) is 5.22. The molecule has 0 aliphatic rings. The maximum atomic E-state index is 11.8. The van der Waals surface area contributed by atoms with Gasteiger partial charge in [-0.1, -0.05) is 0 Å². The SMILES string of the molecule is Cc1ccnc(OCC(=O)NCCNc2cc(-n3nc(C)cc3C)ncn2)n1. The molecule has 146 valence electrons. The van der Waals surface area contributed by atoms with Gasteiger partial charge in [0.15, 0.2) is 12.4 Å². The van der Waals surface area contributed by atoms with Gasteiger partial charge >= 0.3 is 6.01 Å². The topological polar surface area (TPSA) is 120 Å². The number of hydrogen-bond donors (Lipinski definition) is 2. The highest BCUT2D eigenvalue weighted by Gasteiger charge is 2.07. The van der Waals surface area contributed by atoms with E-state index in [0.717, 1.165) is 17.1 Å². The van der Waals surface area contributed by atoms with Crippen molar-refractivity contribution >= 4 is 11.7 Å². The Morgan fingerprint density at radius 3 is 2.71 bits per heavy atom. The fourth-order valence-electron chi connectivity index (χ4n) is 2.49. The predicted molar refractivity (Wildman–Crippen MR) is 102 cm³/mol. The van der Waals surface area contributed by atoms with E-state index in [2.05, 4.69) is 35.7 Å². The van der Waals surface area contributed by atoms with Crippen molar-refractivity contribution in [3.8, 4) is 11.8 Å². The maximum absolute atomic E-state index is 11.8. The van der Waals surface area contributed by atoms with Crippen LogP contribution in [0.2, 0.25) is 0 Å². The molecule has 3 heterocycles. The van der Waals surface area contributed by atoms with Gasteiger partial charge in [-0.15, -0.1) is 0 Å². The summed E-state index contributed by atoms with van der Waals surface area (Å²) in [4.78, 5) is 28.3. The smallest absolute Gasteiger partial charge is 0.317 e. The lowest BCUT2D eigenvalue weighted by Crippen LogP contribution is -2.33. The van der Waals surface area contributed by atoms with Crippen molar-refractivity contribution in [3.63, 3.8) is 0 Å². The zero-order chi connectivity index (χ0) is 19.9. The minimum absolute atomic E-state index is 0.140. The molecule has 1 amide bonds. The van der Waals surface area contributed by atoms with Crippen LogP contribution >= 0.6 is 0 Å². The minimum Gasteiger partial charge on any atom is -0.453 e. The van der Waals surface area contributed by atoms with Gasteiger partial charge in [-0.3, -0.25) is 4.79 Å². The van der Waals surface area contributed by atoms with Gasteiger partial charge in [0.05, 0.1) is 5.69 Å². The molecule has 0 fully saturated rings. The molecular weight excluding hydrogens is 360 g/mol. The average Bonchev–Trinajstić information content (AvgIpc) is 3.02. The largest absolute Gasteiger partial charge is 0.453 e. The van der Waals surface area contributed by atoms with E-state index in [4.69, 9.17) is 4.74 Å². The Kier molecular flexibility index (Phi) is 6.10. The van der Waals surface area contributed by atoms with E-state index >= 15 is 0 Å². The first-order valence-electron chi connectivity index (χ1n) is 8.80. The second-order valence-electron chi connectivity index (χ2n) is 6.15. The van der Waals surface area contributed by atoms with Crippen molar-refractivity contribution < 1.29 is 9.53 Å². The van der Waals surface area contributed by atoms with Gasteiger partial charge in [0, 0.05) is 36.7 Å². The third-order valence-corrected chi connectivity index (χ3v) is 3.74. The summed E-state index contributed by atoms with van der Waals surface area (Å²) in [6, 6.07) is 5.73. The Hall–Kier alpha value is -3.56. The number of anilines is 1. The summed E-state index contributed by atoms with van der Waals surface area (Å²) in [5.41, 5.74) is 2.69. The Balaban J connectivity index is 1.43. The number of carbonyl (C=O) groups excluding carboxylic acids is 1. The van der Waals surface area contributed by atoms with Crippen LogP contribution in [0.15, 0.2) is 30.7 Å². The molecule has 3 rings (SSSR count). The molecule has 0 spiro atoms. The maximum Gasteiger partial charge on any atom is 0.317 e. The lowest BCUT2D eigenvalue weighted by molar-refractivity contribution is -0.123. The molecule has 10 heteroatoms. The number of aryl methyl sites for hydroxylation is 3. The average molecular weight is 382 g/mol. The standard InChI is InChI=1S/C18H22N8O2/c1-12-4-5-21-18(24-12)28-10-17(27)20-7-6-19-15-9-16(23-11-22-15)26-14(3)8-13(2)25-26/h4-5,8-9,11H,6-7,10H2,1-3H3,(H,20,27)(H,19,22,23). The Labute approximate surface area is 162 Å². The van der Waals surface area contributed by atoms with Crippen LogP contribution in [0.5, 0.6) is 6.01 Å². The molecule has 0 radical (unpaired) electrons. The van der Waals surface area contributed by atoms with Crippen LogP contribution in [0.1, 0.15) is 17.1 Å². The first-order chi connectivity index (χ1) is 13.5. The van der Waals surface area contributed by atoms with Gasteiger partial charge in [0.2, 0.25) is 0 Å². The van der Waals surface area contributed by atoms with Crippen LogP contribution in [-0.4, -0.2) is 55.3 Å². The van der Waals surface area contributed by atoms with Crippen LogP contribution in [-0.2, 0) is 4.79 Å². The first-order valence-corrected chi connectivity index (χ1v) is 8.80. The minimum atomic E-state index is -0.252. The van der Waals surface area contributed by atoms with Crippen molar-refractivity contribution in [3.05, 3.63) is 47.8 Å². The molecule has 3 aromatic rings. The second-order valence-corrected chi connectivity index (χ2v) is 6.15. The monoisotopic (exact) mass is 382 g/mol. The summed E-state index contributed by atoms with van der Waals surface area (Å²) in [7, 11) is 0. The van der Waals surface area contributed by atoms with E-state index in [9.17, 15) is 4.79 Å². The predicted octanol–water partition coefficient (Wildman–Crippen LogP) is 0.985. The highest BCUT2D eigenvalue weighted by Crippen LogP contribution is 2.12. The van der Waals surface area contributed by atoms with Crippen LogP contribution in [0.25, 0.3) is 5.82 Å². The van der Waals surface area contributed by atoms with Crippen LogP contribution in [0, 0.1) is 20.8 Å². The molecule has 0 saturated heterocycles. The van der Waals surface area contributed by atoms with Gasteiger partial charge in [0.25, 0.3) is 5.91 Å². The molecule has 0 aromatic carbocycles. The highest BCUT2D eigenvalue weighted by atomic mass is 16.5. The van der Waals surface area contributed by atoms with E-state index in [1.54, 1.807) is 23.0 Å². The molecule has 3 aromatic heterocycles. The fourth-order valence-corrected chi connectivity index (χ4v) is 2.49. The normalized spacial score (nSPS) is 10.5. The molecule has 0 atom stereocenters. The first kappa shape index (κ1) is 19.2. The van der Waals surface area contributed by atoms with Crippen LogP contribution < -0.4 is 15.4 Å². The third-order valence-electron chi connectivity index (χ3n) is 3.74. The number of rotatable bonds is 8. The molecule has 2 N–H and O–H groups in total. The van der Waals surface area contributed by atoms with Crippen molar-refractivity contribution in [2.75, 3.05) is 25.0 Å². The number of amides is 1. The van der Waals surface area contributed by atoms with E-state index < -0.39 is 0 Å². The van der Waals surface area contributed by atoms with Gasteiger partial charge in [-0.05, 0) is 32.9 Å². The zero-order valence-corrected chi connectivity index (χ0v) is 16.0. The lowest BCUT2D eigenvalue weighted by Gasteiger charge is -2.09. The molecule has 0 unspecified atom stereocenters. The van der Waals surface area contributed by atoms with Gasteiger partial charge in [-0.2, -0.15) is 5.10 Å². The quantitative estimate of drug-likeness (QED) is 0.553. The van der Waals surface area contributed by atoms with Crippen LogP contribution in [0.4, 0.5) is 5.82 Å². The summed E-state index contributed by atoms with van der Waals surface area (Å²) in [6.45, 7) is 6.50. The molecule has 28 heavy (non-hydrogen) atoms. The Morgan fingerprint density at radius 2 is 1.96 bits per heavy atom. The van der Waals surface area contributed by atoms with Crippen molar-refractivity contribution in [1.82, 2.24) is 35.0 Å². The number of hydrogen-bond acceptors (Lipinski definition) is 8. The van der Waals surface area contributed by atoms with E-state index in [0.29, 0.717) is 24.7 Å². The summed E-state index contributed by atoms with van der Waals surface area (Å²) in [5, 5.41) is 10.3. The van der Waals surface area contributed by atoms with Gasteiger partial charge in [0.1, 0.15) is 12.1 Å². The summed E-state index contributed by atoms with van der Waals surface area (Å²) >= 11 is 0. The Morgan fingerprint density at radius 1 is 1.11 bits per heavy atom. The van der Waals surface area contributed by atoms with E-state index in [1.165, 1.54) is 6.33 Å². The van der Waals surface area contributed by atoms with Crippen molar-refractivity contribution in [2.45, 2.75) is 20.8 Å².